The molecule has 1 aliphatic rings. The van der Waals surface area contributed by atoms with Gasteiger partial charge in [-0.1, -0.05) is 31.2 Å². The lowest BCUT2D eigenvalue weighted by atomic mass is 10.0. The van der Waals surface area contributed by atoms with Gasteiger partial charge < -0.3 is 10.6 Å². The first-order chi connectivity index (χ1) is 10.3. The van der Waals surface area contributed by atoms with E-state index >= 15 is 0 Å². The Morgan fingerprint density at radius 1 is 1.10 bits per heavy atom. The van der Waals surface area contributed by atoms with E-state index in [1.165, 1.54) is 16.8 Å². The van der Waals surface area contributed by atoms with Gasteiger partial charge in [0.05, 0.1) is 17.6 Å². The van der Waals surface area contributed by atoms with Crippen LogP contribution in [0.2, 0.25) is 0 Å². The molecule has 0 saturated carbocycles. The van der Waals surface area contributed by atoms with Crippen molar-refractivity contribution in [1.82, 2.24) is 4.98 Å². The molecule has 2 heterocycles. The minimum absolute atomic E-state index is 0.0486. The molecule has 2 aromatic rings. The van der Waals surface area contributed by atoms with Crippen LogP contribution in [0, 0.1) is 0 Å². The molecule has 21 heavy (non-hydrogen) atoms. The van der Waals surface area contributed by atoms with Crippen molar-refractivity contribution < 1.29 is 0 Å². The Hall–Kier alpha value is -1.87. The number of benzene rings is 1. The van der Waals surface area contributed by atoms with Gasteiger partial charge in [0.2, 0.25) is 0 Å². The van der Waals surface area contributed by atoms with Gasteiger partial charge in [0, 0.05) is 19.1 Å². The summed E-state index contributed by atoms with van der Waals surface area (Å²) in [6.45, 7) is 4.20. The zero-order chi connectivity index (χ0) is 14.7. The highest BCUT2D eigenvalue weighted by atomic mass is 15.1. The van der Waals surface area contributed by atoms with Crippen molar-refractivity contribution in [3.05, 3.63) is 59.4 Å². The van der Waals surface area contributed by atoms with Crippen LogP contribution in [0.3, 0.4) is 0 Å². The predicted octanol–water partition coefficient (Wildman–Crippen LogP) is 3.10. The fraction of sp³-hybridized carbons (Fsp3) is 0.389. The number of nitrogens with zero attached hydrogens (tertiary/aromatic N) is 2. The average molecular weight is 281 g/mol. The van der Waals surface area contributed by atoms with Crippen molar-refractivity contribution in [3.63, 3.8) is 0 Å². The van der Waals surface area contributed by atoms with E-state index in [2.05, 4.69) is 53.2 Å². The van der Waals surface area contributed by atoms with Crippen LogP contribution >= 0.6 is 0 Å². The molecule has 0 amide bonds. The molecule has 3 heteroatoms. The number of hydrogen-bond donors (Lipinski definition) is 1. The Balaban J connectivity index is 1.74. The van der Waals surface area contributed by atoms with Crippen LogP contribution in [0.25, 0.3) is 0 Å². The second-order valence-corrected chi connectivity index (χ2v) is 5.71. The molecular formula is C18H23N3. The van der Waals surface area contributed by atoms with Crippen LogP contribution in [-0.2, 0) is 12.8 Å². The van der Waals surface area contributed by atoms with E-state index in [9.17, 15) is 0 Å². The van der Waals surface area contributed by atoms with Crippen molar-refractivity contribution in [2.75, 3.05) is 18.0 Å². The van der Waals surface area contributed by atoms with Gasteiger partial charge in [0.1, 0.15) is 0 Å². The summed E-state index contributed by atoms with van der Waals surface area (Å²) in [6.07, 6.45) is 5.10. The summed E-state index contributed by atoms with van der Waals surface area (Å²) < 4.78 is 0. The number of hydrogen-bond acceptors (Lipinski definition) is 3. The first kappa shape index (κ1) is 14.1. The molecule has 0 fully saturated rings. The lowest BCUT2D eigenvalue weighted by Gasteiger charge is -2.22. The molecule has 0 saturated heterocycles. The van der Waals surface area contributed by atoms with E-state index in [1.54, 1.807) is 0 Å². The first-order valence-electron chi connectivity index (χ1n) is 7.81. The van der Waals surface area contributed by atoms with Crippen LogP contribution in [0.4, 0.5) is 5.69 Å². The predicted molar refractivity (Wildman–Crippen MR) is 87.5 cm³/mol. The highest BCUT2D eigenvalue weighted by molar-refractivity contribution is 5.46. The average Bonchev–Trinajstić information content (AvgIpc) is 2.77. The quantitative estimate of drug-likeness (QED) is 0.940. The van der Waals surface area contributed by atoms with Crippen molar-refractivity contribution in [1.29, 1.82) is 0 Å². The molecule has 0 unspecified atom stereocenters. The first-order valence-corrected chi connectivity index (χ1v) is 7.81. The number of fused-ring (bicyclic) bond motifs is 1. The molecule has 0 radical (unpaired) electrons. The second kappa shape index (κ2) is 6.27. The number of rotatable bonds is 3. The van der Waals surface area contributed by atoms with E-state index in [4.69, 9.17) is 5.73 Å². The van der Waals surface area contributed by atoms with Crippen LogP contribution < -0.4 is 10.6 Å². The summed E-state index contributed by atoms with van der Waals surface area (Å²) >= 11 is 0. The molecule has 2 N–H and O–H groups in total. The van der Waals surface area contributed by atoms with Crippen LogP contribution in [-0.4, -0.2) is 18.1 Å². The van der Waals surface area contributed by atoms with E-state index in [0.717, 1.165) is 38.0 Å². The highest BCUT2D eigenvalue weighted by Crippen LogP contribution is 2.21. The molecule has 1 atom stereocenters. The summed E-state index contributed by atoms with van der Waals surface area (Å²) in [7, 11) is 0. The third kappa shape index (κ3) is 3.08. The Morgan fingerprint density at radius 3 is 2.29 bits per heavy atom. The zero-order valence-electron chi connectivity index (χ0n) is 12.6. The Kier molecular flexibility index (Phi) is 4.20. The molecule has 110 valence electrons. The smallest absolute Gasteiger partial charge is 0.0572 e. The molecule has 0 spiro atoms. The third-order valence-corrected chi connectivity index (χ3v) is 4.38. The van der Waals surface area contributed by atoms with Crippen LogP contribution in [0.1, 0.15) is 36.2 Å². The van der Waals surface area contributed by atoms with Gasteiger partial charge in [-0.2, -0.15) is 0 Å². The van der Waals surface area contributed by atoms with Crippen LogP contribution in [0.5, 0.6) is 0 Å². The fourth-order valence-electron chi connectivity index (χ4n) is 2.94. The van der Waals surface area contributed by atoms with Crippen LogP contribution in [0.15, 0.2) is 42.6 Å². The minimum Gasteiger partial charge on any atom is -0.370 e. The standard InChI is InChI=1S/C18H23N3/c1-2-17(19)18-8-7-16(13-20-18)21-11-9-14-5-3-4-6-15(14)10-12-21/h3-8,13,17H,2,9-12,19H2,1H3/t17-/m0/s1. The monoisotopic (exact) mass is 281 g/mol. The minimum atomic E-state index is 0.0486. The highest BCUT2D eigenvalue weighted by Gasteiger charge is 2.14. The molecule has 1 aromatic heterocycles. The second-order valence-electron chi connectivity index (χ2n) is 5.71. The third-order valence-electron chi connectivity index (χ3n) is 4.38. The summed E-state index contributed by atoms with van der Waals surface area (Å²) in [5, 5.41) is 0. The number of aromatic nitrogens is 1. The van der Waals surface area contributed by atoms with Gasteiger partial charge in [-0.25, -0.2) is 0 Å². The van der Waals surface area contributed by atoms with Crippen molar-refractivity contribution in [3.8, 4) is 0 Å². The largest absolute Gasteiger partial charge is 0.370 e. The molecule has 0 bridgehead atoms. The number of pyridine rings is 1. The molecule has 0 aliphatic carbocycles. The van der Waals surface area contributed by atoms with Gasteiger partial charge in [-0.15, -0.1) is 0 Å². The summed E-state index contributed by atoms with van der Waals surface area (Å²) in [5.41, 5.74) is 11.2. The van der Waals surface area contributed by atoms with Gasteiger partial charge in [0.15, 0.2) is 0 Å². The lowest BCUT2D eigenvalue weighted by Crippen LogP contribution is -2.26. The molecule has 1 aromatic carbocycles. The molecule has 3 nitrogen and oxygen atoms in total. The van der Waals surface area contributed by atoms with Gasteiger partial charge in [-0.05, 0) is 42.5 Å². The van der Waals surface area contributed by atoms with Gasteiger partial charge in [0.25, 0.3) is 0 Å². The maximum Gasteiger partial charge on any atom is 0.0572 e. The van der Waals surface area contributed by atoms with Crippen molar-refractivity contribution in [2.24, 2.45) is 5.73 Å². The zero-order valence-corrected chi connectivity index (χ0v) is 12.6. The van der Waals surface area contributed by atoms with E-state index in [1.807, 2.05) is 6.20 Å². The summed E-state index contributed by atoms with van der Waals surface area (Å²) in [4.78, 5) is 6.96. The van der Waals surface area contributed by atoms with Gasteiger partial charge in [-0.3, -0.25) is 4.98 Å². The maximum atomic E-state index is 6.03. The Bertz CT molecular complexity index is 565. The maximum absolute atomic E-state index is 6.03. The van der Waals surface area contributed by atoms with Crippen molar-refractivity contribution in [2.45, 2.75) is 32.2 Å². The summed E-state index contributed by atoms with van der Waals surface area (Å²) in [6, 6.07) is 13.1. The molecule has 3 rings (SSSR count). The summed E-state index contributed by atoms with van der Waals surface area (Å²) in [5.74, 6) is 0. The van der Waals surface area contributed by atoms with Gasteiger partial charge >= 0.3 is 0 Å². The topological polar surface area (TPSA) is 42.1 Å². The fourth-order valence-corrected chi connectivity index (χ4v) is 2.94. The SMILES string of the molecule is CC[C@H](N)c1ccc(N2CCc3ccccc3CC2)cn1. The number of nitrogens with two attached hydrogens (primary N) is 1. The lowest BCUT2D eigenvalue weighted by molar-refractivity contribution is 0.674. The number of anilines is 1. The van der Waals surface area contributed by atoms with E-state index in [-0.39, 0.29) is 6.04 Å². The Labute approximate surface area is 126 Å². The van der Waals surface area contributed by atoms with E-state index in [0.29, 0.717) is 0 Å². The normalized spacial score (nSPS) is 16.2. The molecule has 1 aliphatic heterocycles. The van der Waals surface area contributed by atoms with E-state index < -0.39 is 0 Å². The Morgan fingerprint density at radius 2 is 1.76 bits per heavy atom. The van der Waals surface area contributed by atoms with Crippen molar-refractivity contribution >= 4 is 5.69 Å². The molecular weight excluding hydrogens is 258 g/mol.